The first kappa shape index (κ1) is 11.1. The topological polar surface area (TPSA) is 43.6 Å². The van der Waals surface area contributed by atoms with E-state index >= 15 is 0 Å². The number of rotatable bonds is 1. The Kier molecular flexibility index (Phi) is 2.29. The van der Waals surface area contributed by atoms with Crippen molar-refractivity contribution in [2.45, 2.75) is 6.92 Å². The quantitative estimate of drug-likeness (QED) is 0.527. The van der Waals surface area contributed by atoms with Gasteiger partial charge < -0.3 is 0 Å². The Hall–Kier alpha value is -2.75. The van der Waals surface area contributed by atoms with Crippen LogP contribution in [0.1, 0.15) is 5.56 Å². The van der Waals surface area contributed by atoms with E-state index in [1.807, 2.05) is 41.2 Å². The van der Waals surface area contributed by atoms with Crippen LogP contribution in [0.15, 0.2) is 54.7 Å². The van der Waals surface area contributed by atoms with Crippen LogP contribution in [-0.2, 0) is 0 Å². The van der Waals surface area contributed by atoms with Gasteiger partial charge in [0.1, 0.15) is 5.52 Å². The molecular formula is C16H12N4. The minimum Gasteiger partial charge on any atom is -0.254 e. The number of nitrogens with zero attached hydrogens (tertiary/aromatic N) is 4. The number of pyridine rings is 1. The second-order valence-electron chi connectivity index (χ2n) is 4.88. The Morgan fingerprint density at radius 1 is 0.950 bits per heavy atom. The van der Waals surface area contributed by atoms with Crippen molar-refractivity contribution in [1.29, 1.82) is 0 Å². The lowest BCUT2D eigenvalue weighted by Gasteiger charge is -2.04. The molecule has 20 heavy (non-hydrogen) atoms. The van der Waals surface area contributed by atoms with Gasteiger partial charge in [0, 0.05) is 5.39 Å². The molecule has 0 fully saturated rings. The van der Waals surface area contributed by atoms with Gasteiger partial charge in [-0.3, -0.25) is 4.98 Å². The fourth-order valence-electron chi connectivity index (χ4n) is 2.39. The summed E-state index contributed by atoms with van der Waals surface area (Å²) in [4.78, 5) is 4.48. The molecule has 4 aromatic rings. The first-order valence-electron chi connectivity index (χ1n) is 6.48. The molecule has 0 unspecified atom stereocenters. The molecule has 0 bridgehead atoms. The normalized spacial score (nSPS) is 11.2. The monoisotopic (exact) mass is 260 g/mol. The Morgan fingerprint density at radius 3 is 2.80 bits per heavy atom. The van der Waals surface area contributed by atoms with Crippen LogP contribution in [0, 0.1) is 6.92 Å². The van der Waals surface area contributed by atoms with E-state index < -0.39 is 0 Å². The van der Waals surface area contributed by atoms with Gasteiger partial charge >= 0.3 is 0 Å². The molecular weight excluding hydrogens is 248 g/mol. The zero-order chi connectivity index (χ0) is 13.5. The fourth-order valence-corrected chi connectivity index (χ4v) is 2.39. The molecule has 2 heterocycles. The molecule has 0 radical (unpaired) electrons. The number of hydrogen-bond donors (Lipinski definition) is 0. The van der Waals surface area contributed by atoms with Crippen molar-refractivity contribution in [2.75, 3.05) is 0 Å². The fraction of sp³-hybridized carbons (Fsp3) is 0.0625. The van der Waals surface area contributed by atoms with Gasteiger partial charge in [0.2, 0.25) is 0 Å². The summed E-state index contributed by atoms with van der Waals surface area (Å²) < 4.78 is 1.84. The predicted octanol–water partition coefficient (Wildman–Crippen LogP) is 3.28. The molecule has 2 aromatic heterocycles. The number of aromatic nitrogens is 4. The lowest BCUT2D eigenvalue weighted by Crippen LogP contribution is -1.97. The SMILES string of the molecule is Cc1ccc2nnn(-c3cnc4ccccc4c3)c2c1. The van der Waals surface area contributed by atoms with Crippen LogP contribution in [0.25, 0.3) is 27.6 Å². The summed E-state index contributed by atoms with van der Waals surface area (Å²) in [6.45, 7) is 2.06. The average molecular weight is 260 g/mol. The summed E-state index contributed by atoms with van der Waals surface area (Å²) in [6, 6.07) is 16.3. The molecule has 0 aliphatic carbocycles. The molecule has 0 aliphatic heterocycles. The Labute approximate surface area is 115 Å². The maximum atomic E-state index is 4.48. The van der Waals surface area contributed by atoms with E-state index in [4.69, 9.17) is 0 Å². The minimum absolute atomic E-state index is 0.892. The molecule has 0 saturated heterocycles. The van der Waals surface area contributed by atoms with Crippen LogP contribution in [0.3, 0.4) is 0 Å². The third-order valence-corrected chi connectivity index (χ3v) is 3.42. The number of hydrogen-bond acceptors (Lipinski definition) is 3. The Morgan fingerprint density at radius 2 is 1.85 bits per heavy atom. The maximum Gasteiger partial charge on any atom is 0.113 e. The third kappa shape index (κ3) is 1.66. The summed E-state index contributed by atoms with van der Waals surface area (Å²) in [6.07, 6.45) is 1.83. The lowest BCUT2D eigenvalue weighted by atomic mass is 10.2. The number of benzene rings is 2. The van der Waals surface area contributed by atoms with Gasteiger partial charge in [-0.2, -0.15) is 0 Å². The summed E-state index contributed by atoms with van der Waals surface area (Å²) in [5.74, 6) is 0. The molecule has 4 heteroatoms. The molecule has 0 amide bonds. The highest BCUT2D eigenvalue weighted by Crippen LogP contribution is 2.20. The third-order valence-electron chi connectivity index (χ3n) is 3.42. The van der Waals surface area contributed by atoms with Gasteiger partial charge in [0.25, 0.3) is 0 Å². The second kappa shape index (κ2) is 4.13. The zero-order valence-electron chi connectivity index (χ0n) is 11.0. The largest absolute Gasteiger partial charge is 0.254 e. The molecule has 0 N–H and O–H groups in total. The predicted molar refractivity (Wildman–Crippen MR) is 78.9 cm³/mol. The van der Waals surface area contributed by atoms with E-state index in [-0.39, 0.29) is 0 Å². The summed E-state index contributed by atoms with van der Waals surface area (Å²) in [5.41, 5.74) is 4.99. The first-order chi connectivity index (χ1) is 9.81. The van der Waals surface area contributed by atoms with E-state index in [0.717, 1.165) is 27.6 Å². The molecule has 0 aliphatic rings. The summed E-state index contributed by atoms with van der Waals surface area (Å²) in [5, 5.41) is 9.54. The van der Waals surface area contributed by atoms with Crippen LogP contribution in [0.4, 0.5) is 0 Å². The number of para-hydroxylation sites is 1. The van der Waals surface area contributed by atoms with Gasteiger partial charge in [-0.25, -0.2) is 4.68 Å². The summed E-state index contributed by atoms with van der Waals surface area (Å²) >= 11 is 0. The Bertz CT molecular complexity index is 924. The Balaban J connectivity index is 1.98. The highest BCUT2D eigenvalue weighted by atomic mass is 15.4. The molecule has 4 rings (SSSR count). The standard InChI is InChI=1S/C16H12N4/c1-11-6-7-15-16(8-11)20(19-18-15)13-9-12-4-2-3-5-14(12)17-10-13/h2-10H,1H3. The number of fused-ring (bicyclic) bond motifs is 2. The smallest absolute Gasteiger partial charge is 0.113 e. The van der Waals surface area contributed by atoms with Crippen LogP contribution in [0.2, 0.25) is 0 Å². The van der Waals surface area contributed by atoms with Crippen LogP contribution in [-0.4, -0.2) is 20.0 Å². The molecule has 0 spiro atoms. The van der Waals surface area contributed by atoms with E-state index in [1.54, 1.807) is 0 Å². The van der Waals surface area contributed by atoms with Gasteiger partial charge in [0.15, 0.2) is 0 Å². The van der Waals surface area contributed by atoms with E-state index in [0.29, 0.717) is 0 Å². The molecule has 2 aromatic carbocycles. The maximum absolute atomic E-state index is 4.48. The first-order valence-corrected chi connectivity index (χ1v) is 6.48. The van der Waals surface area contributed by atoms with Crippen molar-refractivity contribution in [1.82, 2.24) is 20.0 Å². The van der Waals surface area contributed by atoms with E-state index in [1.165, 1.54) is 5.56 Å². The van der Waals surface area contributed by atoms with Gasteiger partial charge in [-0.1, -0.05) is 29.5 Å². The van der Waals surface area contributed by atoms with Crippen molar-refractivity contribution in [2.24, 2.45) is 0 Å². The molecule has 4 nitrogen and oxygen atoms in total. The van der Waals surface area contributed by atoms with Crippen LogP contribution < -0.4 is 0 Å². The van der Waals surface area contributed by atoms with Crippen LogP contribution in [0.5, 0.6) is 0 Å². The van der Waals surface area contributed by atoms with Gasteiger partial charge in [-0.15, -0.1) is 5.10 Å². The second-order valence-corrected chi connectivity index (χ2v) is 4.88. The van der Waals surface area contributed by atoms with Crippen molar-refractivity contribution in [3.8, 4) is 5.69 Å². The highest BCUT2D eigenvalue weighted by molar-refractivity contribution is 5.82. The minimum atomic E-state index is 0.892. The van der Waals surface area contributed by atoms with Crippen molar-refractivity contribution < 1.29 is 0 Å². The van der Waals surface area contributed by atoms with E-state index in [9.17, 15) is 0 Å². The number of aryl methyl sites for hydroxylation is 1. The molecule has 0 saturated carbocycles. The van der Waals surface area contributed by atoms with Crippen LogP contribution >= 0.6 is 0 Å². The lowest BCUT2D eigenvalue weighted by molar-refractivity contribution is 0.821. The van der Waals surface area contributed by atoms with Crippen molar-refractivity contribution >= 4 is 21.9 Å². The van der Waals surface area contributed by atoms with E-state index in [2.05, 4.69) is 40.4 Å². The summed E-state index contributed by atoms with van der Waals surface area (Å²) in [7, 11) is 0. The highest BCUT2D eigenvalue weighted by Gasteiger charge is 2.07. The zero-order valence-corrected chi connectivity index (χ0v) is 11.0. The van der Waals surface area contributed by atoms with Crippen molar-refractivity contribution in [3.63, 3.8) is 0 Å². The molecule has 0 atom stereocenters. The average Bonchev–Trinajstić information content (AvgIpc) is 2.89. The molecule has 96 valence electrons. The van der Waals surface area contributed by atoms with Gasteiger partial charge in [0.05, 0.1) is 22.9 Å². The van der Waals surface area contributed by atoms with Crippen molar-refractivity contribution in [3.05, 3.63) is 60.3 Å². The van der Waals surface area contributed by atoms with Gasteiger partial charge in [-0.05, 0) is 36.8 Å².